The third kappa shape index (κ3) is 1.74. The molecule has 6 nitrogen and oxygen atoms in total. The van der Waals surface area contributed by atoms with Gasteiger partial charge in [0.25, 0.3) is 5.91 Å². The molecule has 2 rings (SSSR count). The maximum Gasteiger partial charge on any atom is 0.273 e. The molecule has 1 fully saturated rings. The quantitative estimate of drug-likeness (QED) is 0.664. The van der Waals surface area contributed by atoms with Crippen molar-refractivity contribution in [2.45, 2.75) is 13.0 Å². The van der Waals surface area contributed by atoms with Crippen LogP contribution in [0.3, 0.4) is 0 Å². The van der Waals surface area contributed by atoms with Gasteiger partial charge in [-0.3, -0.25) is 9.69 Å². The van der Waals surface area contributed by atoms with Crippen molar-refractivity contribution >= 4 is 5.91 Å². The minimum absolute atomic E-state index is 0.153. The van der Waals surface area contributed by atoms with Crippen molar-refractivity contribution < 1.29 is 4.79 Å². The van der Waals surface area contributed by atoms with E-state index in [-0.39, 0.29) is 11.9 Å². The lowest BCUT2D eigenvalue weighted by atomic mass is 10.1. The van der Waals surface area contributed by atoms with Crippen LogP contribution in [-0.2, 0) is 0 Å². The zero-order valence-corrected chi connectivity index (χ0v) is 8.03. The van der Waals surface area contributed by atoms with E-state index in [1.807, 2.05) is 0 Å². The molecule has 0 unspecified atom stereocenters. The summed E-state index contributed by atoms with van der Waals surface area (Å²) in [6.45, 7) is 5.01. The Morgan fingerprint density at radius 2 is 2.57 bits per heavy atom. The van der Waals surface area contributed by atoms with Gasteiger partial charge in [0.15, 0.2) is 5.69 Å². The summed E-state index contributed by atoms with van der Waals surface area (Å²) < 4.78 is 0. The molecule has 0 radical (unpaired) electrons. The van der Waals surface area contributed by atoms with Crippen LogP contribution in [0, 0.1) is 0 Å². The molecule has 1 saturated heterocycles. The number of nitrogens with one attached hydrogen (secondary N) is 2. The smallest absolute Gasteiger partial charge is 0.273 e. The van der Waals surface area contributed by atoms with Gasteiger partial charge < -0.3 is 5.32 Å². The Morgan fingerprint density at radius 3 is 3.14 bits per heavy atom. The van der Waals surface area contributed by atoms with Gasteiger partial charge >= 0.3 is 0 Å². The Kier molecular flexibility index (Phi) is 2.45. The first kappa shape index (κ1) is 9.14. The number of aromatic amines is 1. The Labute approximate surface area is 81.7 Å². The molecule has 0 aliphatic carbocycles. The summed E-state index contributed by atoms with van der Waals surface area (Å²) in [6, 6.07) is 0.263. The Balaban J connectivity index is 1.80. The zero-order valence-electron chi connectivity index (χ0n) is 8.03. The molecule has 0 bridgehead atoms. The Bertz CT molecular complexity index is 304. The predicted octanol–water partition coefficient (Wildman–Crippen LogP) is -0.761. The summed E-state index contributed by atoms with van der Waals surface area (Å²) >= 11 is 0. The van der Waals surface area contributed by atoms with E-state index >= 15 is 0 Å². The lowest BCUT2D eigenvalue weighted by Gasteiger charge is -2.38. The number of carbonyl (C=O) groups is 1. The fourth-order valence-electron chi connectivity index (χ4n) is 1.49. The molecule has 1 aromatic rings. The van der Waals surface area contributed by atoms with E-state index in [0.29, 0.717) is 5.69 Å². The fraction of sp³-hybridized carbons (Fsp3) is 0.625. The van der Waals surface area contributed by atoms with Gasteiger partial charge in [-0.15, -0.1) is 0 Å². The van der Waals surface area contributed by atoms with Crippen LogP contribution < -0.4 is 5.32 Å². The van der Waals surface area contributed by atoms with Crippen LogP contribution in [0.4, 0.5) is 0 Å². The number of likely N-dealkylation sites (tertiary alicyclic amines) is 1. The highest BCUT2D eigenvalue weighted by molar-refractivity contribution is 5.92. The van der Waals surface area contributed by atoms with Gasteiger partial charge in [-0.25, -0.2) is 0 Å². The topological polar surface area (TPSA) is 73.9 Å². The highest BCUT2D eigenvalue weighted by atomic mass is 16.2. The molecular weight excluding hydrogens is 182 g/mol. The van der Waals surface area contributed by atoms with Crippen LogP contribution in [0.5, 0.6) is 0 Å². The highest BCUT2D eigenvalue weighted by Gasteiger charge is 2.27. The largest absolute Gasteiger partial charge is 0.345 e. The summed E-state index contributed by atoms with van der Waals surface area (Å²) in [4.78, 5) is 13.7. The fourth-order valence-corrected chi connectivity index (χ4v) is 1.49. The van der Waals surface area contributed by atoms with E-state index < -0.39 is 0 Å². The molecule has 1 aliphatic heterocycles. The summed E-state index contributed by atoms with van der Waals surface area (Å²) in [6.07, 6.45) is 1.42. The number of H-pyrrole nitrogens is 1. The molecule has 14 heavy (non-hydrogen) atoms. The van der Waals surface area contributed by atoms with Gasteiger partial charge in [-0.05, 0) is 6.54 Å². The third-order valence-electron chi connectivity index (χ3n) is 2.39. The monoisotopic (exact) mass is 195 g/mol. The van der Waals surface area contributed by atoms with Crippen LogP contribution >= 0.6 is 0 Å². The normalized spacial score (nSPS) is 17.8. The number of rotatable bonds is 3. The molecule has 0 saturated carbocycles. The van der Waals surface area contributed by atoms with Crippen LogP contribution in [-0.4, -0.2) is 51.9 Å². The van der Waals surface area contributed by atoms with Gasteiger partial charge in [0.2, 0.25) is 0 Å². The Hall–Kier alpha value is -1.43. The van der Waals surface area contributed by atoms with Crippen molar-refractivity contribution in [3.63, 3.8) is 0 Å². The number of nitrogens with zero attached hydrogens (tertiary/aromatic N) is 3. The van der Waals surface area contributed by atoms with Crippen molar-refractivity contribution in [3.05, 3.63) is 11.9 Å². The van der Waals surface area contributed by atoms with E-state index in [9.17, 15) is 4.79 Å². The van der Waals surface area contributed by atoms with E-state index in [1.165, 1.54) is 6.20 Å². The van der Waals surface area contributed by atoms with Gasteiger partial charge in [0.05, 0.1) is 12.2 Å². The van der Waals surface area contributed by atoms with Crippen molar-refractivity contribution in [2.24, 2.45) is 0 Å². The number of aromatic nitrogens is 3. The summed E-state index contributed by atoms with van der Waals surface area (Å²) in [5.41, 5.74) is 0.347. The molecular formula is C8H13N5O. The zero-order chi connectivity index (χ0) is 9.97. The molecule has 2 heterocycles. The highest BCUT2D eigenvalue weighted by Crippen LogP contribution is 2.06. The van der Waals surface area contributed by atoms with E-state index in [1.54, 1.807) is 0 Å². The van der Waals surface area contributed by atoms with E-state index in [2.05, 4.69) is 32.6 Å². The first-order valence-electron chi connectivity index (χ1n) is 4.68. The molecule has 0 aromatic carbocycles. The molecule has 0 spiro atoms. The van der Waals surface area contributed by atoms with Gasteiger partial charge in [-0.1, -0.05) is 6.92 Å². The second-order valence-corrected chi connectivity index (χ2v) is 3.38. The molecule has 2 N–H and O–H groups in total. The van der Waals surface area contributed by atoms with Crippen LogP contribution in [0.25, 0.3) is 0 Å². The van der Waals surface area contributed by atoms with Crippen LogP contribution in [0.15, 0.2) is 6.20 Å². The molecule has 1 aromatic heterocycles. The minimum atomic E-state index is -0.153. The van der Waals surface area contributed by atoms with Gasteiger partial charge in [0, 0.05) is 13.1 Å². The Morgan fingerprint density at radius 1 is 1.79 bits per heavy atom. The summed E-state index contributed by atoms with van der Waals surface area (Å²) in [5.74, 6) is -0.153. The minimum Gasteiger partial charge on any atom is -0.345 e. The van der Waals surface area contributed by atoms with Gasteiger partial charge in [-0.2, -0.15) is 15.4 Å². The lowest BCUT2D eigenvalue weighted by molar-refractivity contribution is 0.0820. The summed E-state index contributed by atoms with van der Waals surface area (Å²) in [5, 5.41) is 12.6. The predicted molar refractivity (Wildman–Crippen MR) is 49.8 cm³/mol. The SMILES string of the molecule is CCN1CC(NC(=O)c2cn[nH]n2)C1. The second-order valence-electron chi connectivity index (χ2n) is 3.38. The average molecular weight is 195 g/mol. The third-order valence-corrected chi connectivity index (χ3v) is 2.39. The first-order chi connectivity index (χ1) is 6.79. The van der Waals surface area contributed by atoms with Crippen LogP contribution in [0.1, 0.15) is 17.4 Å². The molecule has 1 amide bonds. The molecule has 76 valence electrons. The maximum absolute atomic E-state index is 11.5. The summed E-state index contributed by atoms with van der Waals surface area (Å²) in [7, 11) is 0. The standard InChI is InChI=1S/C8H13N5O/c1-2-13-4-6(5-13)10-8(14)7-3-9-12-11-7/h3,6H,2,4-5H2,1H3,(H,10,14)(H,9,11,12). The van der Waals surface area contributed by atoms with Crippen molar-refractivity contribution in [1.82, 2.24) is 25.6 Å². The number of hydrogen-bond acceptors (Lipinski definition) is 4. The number of amides is 1. The first-order valence-corrected chi connectivity index (χ1v) is 4.68. The molecule has 6 heteroatoms. The van der Waals surface area contributed by atoms with E-state index in [0.717, 1.165) is 19.6 Å². The van der Waals surface area contributed by atoms with Crippen molar-refractivity contribution in [2.75, 3.05) is 19.6 Å². The molecule has 0 atom stereocenters. The van der Waals surface area contributed by atoms with Crippen molar-refractivity contribution in [1.29, 1.82) is 0 Å². The maximum atomic E-state index is 11.5. The molecule has 1 aliphatic rings. The van der Waals surface area contributed by atoms with Crippen LogP contribution in [0.2, 0.25) is 0 Å². The van der Waals surface area contributed by atoms with Crippen molar-refractivity contribution in [3.8, 4) is 0 Å². The average Bonchev–Trinajstić information content (AvgIpc) is 2.62. The number of likely N-dealkylation sites (N-methyl/N-ethyl adjacent to an activating group) is 1. The van der Waals surface area contributed by atoms with Gasteiger partial charge in [0.1, 0.15) is 0 Å². The lowest BCUT2D eigenvalue weighted by Crippen LogP contribution is -2.58. The number of carbonyl (C=O) groups excluding carboxylic acids is 1. The number of hydrogen-bond donors (Lipinski definition) is 2. The van der Waals surface area contributed by atoms with E-state index in [4.69, 9.17) is 0 Å². The second kappa shape index (κ2) is 3.75.